The van der Waals surface area contributed by atoms with E-state index in [0.717, 1.165) is 26.2 Å². The molecule has 15 heteroatoms. The maximum absolute atomic E-state index is 13.4. The molecule has 0 unspecified atom stereocenters. The van der Waals surface area contributed by atoms with Gasteiger partial charge in [0, 0.05) is 12.3 Å². The average molecular weight is 739 g/mol. The molecule has 4 fully saturated rings. The molecule has 0 aromatic heterocycles. The van der Waals surface area contributed by atoms with Crippen molar-refractivity contribution in [3.05, 3.63) is 29.8 Å². The minimum atomic E-state index is -1.70. The molecule has 0 spiro atoms. The van der Waals surface area contributed by atoms with E-state index in [1.165, 1.54) is 19.2 Å². The Kier molecular flexibility index (Phi) is 12.9. The van der Waals surface area contributed by atoms with Crippen molar-refractivity contribution in [3.63, 3.8) is 0 Å². The molecule has 2 heterocycles. The summed E-state index contributed by atoms with van der Waals surface area (Å²) in [7, 11) is 1.47. The number of rotatable bonds is 12. The highest BCUT2D eigenvalue weighted by Gasteiger charge is 2.67. The van der Waals surface area contributed by atoms with Crippen LogP contribution in [0.2, 0.25) is 0 Å². The first-order valence-corrected chi connectivity index (χ1v) is 18.1. The average Bonchev–Trinajstić information content (AvgIpc) is 3.34. The molecule has 0 radical (unpaired) electrons. The van der Waals surface area contributed by atoms with Gasteiger partial charge in [-0.25, -0.2) is 4.79 Å². The third-order valence-electron chi connectivity index (χ3n) is 11.2. The molecule has 0 amide bonds. The van der Waals surface area contributed by atoms with Crippen LogP contribution in [0.5, 0.6) is 5.75 Å². The zero-order chi connectivity index (χ0) is 38.0. The van der Waals surface area contributed by atoms with Crippen LogP contribution in [0.25, 0.3) is 0 Å². The maximum Gasteiger partial charge on any atom is 0.338 e. The normalized spacial score (nSPS) is 38.2. The largest absolute Gasteiger partial charge is 0.497 e. The molecule has 4 aliphatic rings. The van der Waals surface area contributed by atoms with E-state index in [-0.39, 0.29) is 30.6 Å². The highest BCUT2D eigenvalue weighted by Crippen LogP contribution is 2.61. The quantitative estimate of drug-likeness (QED) is 0.179. The monoisotopic (exact) mass is 738 g/mol. The third kappa shape index (κ3) is 8.11. The molecule has 52 heavy (non-hydrogen) atoms. The fourth-order valence-corrected chi connectivity index (χ4v) is 8.20. The molecule has 0 bridgehead atoms. The zero-order valence-electron chi connectivity index (χ0n) is 30.7. The summed E-state index contributed by atoms with van der Waals surface area (Å²) in [5.74, 6) is -2.57. The van der Waals surface area contributed by atoms with E-state index in [2.05, 4.69) is 0 Å². The highest BCUT2D eigenvalue weighted by atomic mass is 16.8. The number of fused-ring (bicyclic) bond motifs is 1. The second-order valence-corrected chi connectivity index (χ2v) is 15.1. The minimum absolute atomic E-state index is 0.00898. The van der Waals surface area contributed by atoms with Gasteiger partial charge < -0.3 is 58.3 Å². The van der Waals surface area contributed by atoms with Crippen molar-refractivity contribution in [3.8, 4) is 5.75 Å². The highest BCUT2D eigenvalue weighted by molar-refractivity contribution is 5.89. The number of esters is 3. The maximum atomic E-state index is 13.4. The number of carbonyl (C=O) groups is 3. The molecule has 1 aromatic rings. The number of ether oxygens (including phenoxy) is 8. The van der Waals surface area contributed by atoms with E-state index in [1.807, 2.05) is 20.8 Å². The van der Waals surface area contributed by atoms with Crippen molar-refractivity contribution in [1.82, 2.24) is 0 Å². The van der Waals surface area contributed by atoms with Crippen molar-refractivity contribution in [2.75, 3.05) is 26.9 Å². The van der Waals surface area contributed by atoms with Crippen molar-refractivity contribution in [2.45, 2.75) is 128 Å². The predicted octanol–water partition coefficient (Wildman–Crippen LogP) is 1.88. The zero-order valence-corrected chi connectivity index (χ0v) is 30.7. The Morgan fingerprint density at radius 3 is 2.19 bits per heavy atom. The number of hydrogen-bond donors (Lipinski definition) is 4. The van der Waals surface area contributed by atoms with Crippen molar-refractivity contribution in [2.24, 2.45) is 23.2 Å². The molecule has 2 aliphatic heterocycles. The Bertz CT molecular complexity index is 1390. The molecule has 5 rings (SSSR count). The van der Waals surface area contributed by atoms with Crippen LogP contribution in [0, 0.1) is 23.2 Å². The molecule has 1 aromatic carbocycles. The third-order valence-corrected chi connectivity index (χ3v) is 11.2. The van der Waals surface area contributed by atoms with Crippen LogP contribution >= 0.6 is 0 Å². The van der Waals surface area contributed by atoms with Crippen LogP contribution in [0.1, 0.15) is 77.1 Å². The molecule has 13 atom stereocenters. The first kappa shape index (κ1) is 40.3. The van der Waals surface area contributed by atoms with Crippen LogP contribution in [0.4, 0.5) is 0 Å². The lowest BCUT2D eigenvalue weighted by molar-refractivity contribution is -0.345. The number of aliphatic hydroxyl groups excluding tert-OH is 3. The first-order chi connectivity index (χ1) is 24.6. The SMILES string of the molecule is COc1ccc(C(=O)O[C@H]2[C@H](O[C@H]3[C@H](OC(C)=O)[C@@H](O[C@H]4C[C@H]5CCCC[C@]5(C)[C@@]4(O)[C@H](C)C(=O)OCC(C)C)OC[C@H]3O)OC[C@@H](O)[C@@H]2O)cc1. The van der Waals surface area contributed by atoms with Crippen LogP contribution in [0.15, 0.2) is 24.3 Å². The van der Waals surface area contributed by atoms with Gasteiger partial charge in [-0.2, -0.15) is 0 Å². The Balaban J connectivity index is 1.40. The molecule has 15 nitrogen and oxygen atoms in total. The predicted molar refractivity (Wildman–Crippen MR) is 180 cm³/mol. The lowest BCUT2D eigenvalue weighted by Gasteiger charge is -2.50. The van der Waals surface area contributed by atoms with E-state index in [4.69, 9.17) is 37.9 Å². The van der Waals surface area contributed by atoms with Gasteiger partial charge >= 0.3 is 17.9 Å². The van der Waals surface area contributed by atoms with Gasteiger partial charge in [0.15, 0.2) is 24.8 Å². The van der Waals surface area contributed by atoms with E-state index in [9.17, 15) is 34.8 Å². The molecule has 2 aliphatic carbocycles. The van der Waals surface area contributed by atoms with Gasteiger partial charge in [0.2, 0.25) is 0 Å². The van der Waals surface area contributed by atoms with Gasteiger partial charge in [-0.05, 0) is 62.3 Å². The topological polar surface area (TPSA) is 206 Å². The Labute approximate surface area is 303 Å². The van der Waals surface area contributed by atoms with E-state index >= 15 is 0 Å². The summed E-state index contributed by atoms with van der Waals surface area (Å²) in [6.45, 7) is 8.02. The molecule has 2 saturated heterocycles. The summed E-state index contributed by atoms with van der Waals surface area (Å²) in [6, 6.07) is 6.00. The summed E-state index contributed by atoms with van der Waals surface area (Å²) >= 11 is 0. The van der Waals surface area contributed by atoms with Gasteiger partial charge in [-0.15, -0.1) is 0 Å². The second-order valence-electron chi connectivity index (χ2n) is 15.1. The van der Waals surface area contributed by atoms with Crippen LogP contribution in [0.3, 0.4) is 0 Å². The van der Waals surface area contributed by atoms with E-state index < -0.39 is 96.8 Å². The van der Waals surface area contributed by atoms with Crippen molar-refractivity contribution >= 4 is 17.9 Å². The number of hydrogen-bond acceptors (Lipinski definition) is 15. The Hall–Kier alpha value is -2.89. The molecular weight excluding hydrogens is 684 g/mol. The fraction of sp³-hybridized carbons (Fsp3) is 0.757. The number of aliphatic hydroxyl groups is 4. The summed E-state index contributed by atoms with van der Waals surface area (Å²) in [4.78, 5) is 39.0. The second kappa shape index (κ2) is 16.6. The Morgan fingerprint density at radius 2 is 1.56 bits per heavy atom. The fourth-order valence-electron chi connectivity index (χ4n) is 8.20. The number of benzene rings is 1. The Morgan fingerprint density at radius 1 is 0.904 bits per heavy atom. The van der Waals surface area contributed by atoms with Crippen LogP contribution in [-0.4, -0.2) is 126 Å². The summed E-state index contributed by atoms with van der Waals surface area (Å²) in [6.07, 6.45) is -9.19. The van der Waals surface area contributed by atoms with Gasteiger partial charge in [0.1, 0.15) is 35.8 Å². The summed E-state index contributed by atoms with van der Waals surface area (Å²) in [5.41, 5.74) is -2.29. The molecule has 4 N–H and O–H groups in total. The minimum Gasteiger partial charge on any atom is -0.497 e. The van der Waals surface area contributed by atoms with Crippen LogP contribution in [-0.2, 0) is 42.7 Å². The van der Waals surface area contributed by atoms with E-state index in [1.54, 1.807) is 19.1 Å². The number of carbonyl (C=O) groups excluding carboxylic acids is 3. The van der Waals surface area contributed by atoms with Crippen LogP contribution < -0.4 is 4.74 Å². The molecule has 2 saturated carbocycles. The van der Waals surface area contributed by atoms with Crippen molar-refractivity contribution in [1.29, 1.82) is 0 Å². The molecular formula is C37H54O15. The van der Waals surface area contributed by atoms with Gasteiger partial charge in [0.25, 0.3) is 0 Å². The lowest BCUT2D eigenvalue weighted by Crippen LogP contribution is -2.64. The van der Waals surface area contributed by atoms with E-state index in [0.29, 0.717) is 18.6 Å². The van der Waals surface area contributed by atoms with Gasteiger partial charge in [-0.1, -0.05) is 33.6 Å². The summed E-state index contributed by atoms with van der Waals surface area (Å²) < 4.78 is 46.2. The number of methoxy groups -OCH3 is 1. The standard InChI is InChI=1S/C37H54O15/c1-19(2)16-46-32(42)20(3)37(44)27(15-23-9-7-8-14-36(23,37)5)50-35-31(49-21(4)38)29(26(40)18-48-35)52-34-30(28(41)25(39)17-47-34)51-33(43)22-10-12-24(45-6)13-11-22/h10-13,19-20,23,25-31,34-35,39-41,44H,7-9,14-18H2,1-6H3/t20-,23-,25-,26-,27+,28+,29-,30-,31+,34+,35-,36+,37-/m1/s1. The summed E-state index contributed by atoms with van der Waals surface area (Å²) in [5, 5.41) is 45.2. The van der Waals surface area contributed by atoms with Crippen molar-refractivity contribution < 1.29 is 72.7 Å². The molecule has 292 valence electrons. The smallest absolute Gasteiger partial charge is 0.338 e. The lowest BCUT2D eigenvalue weighted by atomic mass is 9.60. The first-order valence-electron chi connectivity index (χ1n) is 18.1. The van der Waals surface area contributed by atoms with Gasteiger partial charge in [0.05, 0.1) is 44.5 Å². The van der Waals surface area contributed by atoms with Gasteiger partial charge in [-0.3, -0.25) is 9.59 Å².